The lowest BCUT2D eigenvalue weighted by Crippen LogP contribution is -2.08. The van der Waals surface area contributed by atoms with Gasteiger partial charge >= 0.3 is 0 Å². The van der Waals surface area contributed by atoms with Crippen LogP contribution in [-0.2, 0) is 6.42 Å². The zero-order valence-corrected chi connectivity index (χ0v) is 10.1. The number of aromatic amines is 1. The summed E-state index contributed by atoms with van der Waals surface area (Å²) in [5, 5.41) is 1.10. The van der Waals surface area contributed by atoms with Crippen molar-refractivity contribution in [1.82, 2.24) is 4.98 Å². The summed E-state index contributed by atoms with van der Waals surface area (Å²) in [6, 6.07) is 8.15. The number of aromatic nitrogens is 1. The number of unbranched alkanes of at least 4 members (excludes halogenated alkanes) is 1. The van der Waals surface area contributed by atoms with Crippen LogP contribution in [0.5, 0.6) is 0 Å². The Kier molecular flexibility index (Phi) is 3.59. The summed E-state index contributed by atoms with van der Waals surface area (Å²) in [4.78, 5) is 14.3. The van der Waals surface area contributed by atoms with Gasteiger partial charge in [-0.25, -0.2) is 0 Å². The largest absolute Gasteiger partial charge is 0.330 e. The van der Waals surface area contributed by atoms with Gasteiger partial charge in [0.1, 0.15) is 0 Å². The third-order valence-corrected chi connectivity index (χ3v) is 3.01. The molecule has 0 unspecified atom stereocenters. The maximum Gasteiger partial charge on any atom is 0.251 e. The number of benzene rings is 1. The zero-order chi connectivity index (χ0) is 12.3. The molecule has 1 heterocycles. The molecule has 3 nitrogen and oxygen atoms in total. The summed E-state index contributed by atoms with van der Waals surface area (Å²) in [5.41, 5.74) is 8.44. The van der Waals surface area contributed by atoms with Crippen LogP contribution >= 0.6 is 0 Å². The van der Waals surface area contributed by atoms with E-state index in [0.717, 1.165) is 42.3 Å². The Morgan fingerprint density at radius 3 is 2.82 bits per heavy atom. The smallest absolute Gasteiger partial charge is 0.251 e. The van der Waals surface area contributed by atoms with Gasteiger partial charge in [-0.3, -0.25) is 4.79 Å². The lowest BCUT2D eigenvalue weighted by Gasteiger charge is -2.04. The molecule has 17 heavy (non-hydrogen) atoms. The second-order valence-corrected chi connectivity index (χ2v) is 4.45. The first kappa shape index (κ1) is 11.9. The summed E-state index contributed by atoms with van der Waals surface area (Å²) in [5.74, 6) is 0. The van der Waals surface area contributed by atoms with Crippen molar-refractivity contribution in [2.45, 2.75) is 26.2 Å². The molecule has 0 aliphatic heterocycles. The molecule has 90 valence electrons. The monoisotopic (exact) mass is 230 g/mol. The van der Waals surface area contributed by atoms with E-state index in [1.54, 1.807) is 0 Å². The number of aryl methyl sites for hydroxylation is 2. The van der Waals surface area contributed by atoms with Crippen LogP contribution in [-0.4, -0.2) is 11.5 Å². The average molecular weight is 230 g/mol. The number of rotatable bonds is 4. The third kappa shape index (κ3) is 2.74. The Balaban J connectivity index is 2.30. The first-order valence-electron chi connectivity index (χ1n) is 6.03. The zero-order valence-electron chi connectivity index (χ0n) is 10.1. The topological polar surface area (TPSA) is 58.9 Å². The number of nitrogens with one attached hydrogen (secondary N) is 1. The molecular formula is C14H18N2O. The summed E-state index contributed by atoms with van der Waals surface area (Å²) >= 11 is 0. The number of hydrogen-bond acceptors (Lipinski definition) is 2. The van der Waals surface area contributed by atoms with Gasteiger partial charge in [0.25, 0.3) is 5.56 Å². The molecule has 0 amide bonds. The molecule has 2 aromatic rings. The van der Waals surface area contributed by atoms with E-state index in [9.17, 15) is 4.79 Å². The van der Waals surface area contributed by atoms with E-state index in [0.29, 0.717) is 0 Å². The Labute approximate surface area is 101 Å². The first-order chi connectivity index (χ1) is 8.20. The molecule has 0 spiro atoms. The summed E-state index contributed by atoms with van der Waals surface area (Å²) in [7, 11) is 0. The van der Waals surface area contributed by atoms with Crippen molar-refractivity contribution in [2.75, 3.05) is 6.54 Å². The minimum atomic E-state index is -0.00613. The fraction of sp³-hybridized carbons (Fsp3) is 0.357. The van der Waals surface area contributed by atoms with Crippen LogP contribution in [0.3, 0.4) is 0 Å². The van der Waals surface area contributed by atoms with E-state index in [4.69, 9.17) is 5.73 Å². The van der Waals surface area contributed by atoms with Gasteiger partial charge < -0.3 is 10.7 Å². The SMILES string of the molecule is Cc1cc2cc(CCCCN)ccc2[nH]c1=O. The van der Waals surface area contributed by atoms with Crippen LogP contribution < -0.4 is 11.3 Å². The highest BCUT2D eigenvalue weighted by Crippen LogP contribution is 2.15. The number of fused-ring (bicyclic) bond motifs is 1. The highest BCUT2D eigenvalue weighted by molar-refractivity contribution is 5.79. The maximum absolute atomic E-state index is 11.5. The number of nitrogens with two attached hydrogens (primary N) is 1. The van der Waals surface area contributed by atoms with Crippen LogP contribution in [0.2, 0.25) is 0 Å². The standard InChI is InChI=1S/C14H18N2O/c1-10-8-12-9-11(4-2-3-7-15)5-6-13(12)16-14(10)17/h5-6,8-9H,2-4,7,15H2,1H3,(H,16,17). The normalized spacial score (nSPS) is 10.9. The fourth-order valence-corrected chi connectivity index (χ4v) is 1.99. The first-order valence-corrected chi connectivity index (χ1v) is 6.03. The Morgan fingerprint density at radius 2 is 2.06 bits per heavy atom. The van der Waals surface area contributed by atoms with Crippen molar-refractivity contribution >= 4 is 10.9 Å². The van der Waals surface area contributed by atoms with Gasteiger partial charge in [-0.2, -0.15) is 0 Å². The van der Waals surface area contributed by atoms with Crippen molar-refractivity contribution in [3.8, 4) is 0 Å². The molecule has 2 rings (SSSR count). The van der Waals surface area contributed by atoms with Gasteiger partial charge in [0.15, 0.2) is 0 Å². The molecule has 3 N–H and O–H groups in total. The predicted octanol–water partition coefficient (Wildman–Crippen LogP) is 2.12. The third-order valence-electron chi connectivity index (χ3n) is 3.01. The molecule has 0 bridgehead atoms. The van der Waals surface area contributed by atoms with E-state index in [1.165, 1.54) is 5.56 Å². The highest BCUT2D eigenvalue weighted by Gasteiger charge is 2.00. The highest BCUT2D eigenvalue weighted by atomic mass is 16.1. The van der Waals surface area contributed by atoms with Gasteiger partial charge in [0.2, 0.25) is 0 Å². The van der Waals surface area contributed by atoms with Crippen LogP contribution in [0, 0.1) is 6.92 Å². The molecule has 1 aromatic heterocycles. The molecule has 0 atom stereocenters. The van der Waals surface area contributed by atoms with E-state index in [1.807, 2.05) is 19.1 Å². The lowest BCUT2D eigenvalue weighted by molar-refractivity contribution is 0.745. The second-order valence-electron chi connectivity index (χ2n) is 4.45. The molecule has 0 radical (unpaired) electrons. The van der Waals surface area contributed by atoms with Gasteiger partial charge in [0, 0.05) is 11.1 Å². The van der Waals surface area contributed by atoms with Gasteiger partial charge in [-0.1, -0.05) is 6.07 Å². The minimum Gasteiger partial charge on any atom is -0.330 e. The van der Waals surface area contributed by atoms with E-state index in [2.05, 4.69) is 17.1 Å². The second kappa shape index (κ2) is 5.15. The molecule has 0 aliphatic rings. The Bertz CT molecular complexity index is 572. The molecule has 1 aromatic carbocycles. The quantitative estimate of drug-likeness (QED) is 0.790. The fourth-order valence-electron chi connectivity index (χ4n) is 1.99. The number of H-pyrrole nitrogens is 1. The summed E-state index contributed by atoms with van der Waals surface area (Å²) in [6.45, 7) is 2.58. The van der Waals surface area contributed by atoms with E-state index >= 15 is 0 Å². The Hall–Kier alpha value is -1.61. The van der Waals surface area contributed by atoms with Gasteiger partial charge in [-0.05, 0) is 61.9 Å². The van der Waals surface area contributed by atoms with E-state index < -0.39 is 0 Å². The predicted molar refractivity (Wildman–Crippen MR) is 71.3 cm³/mol. The van der Waals surface area contributed by atoms with Crippen LogP contribution in [0.25, 0.3) is 10.9 Å². The molecule has 0 saturated carbocycles. The van der Waals surface area contributed by atoms with Crippen molar-refractivity contribution in [1.29, 1.82) is 0 Å². The molecule has 0 aliphatic carbocycles. The number of pyridine rings is 1. The van der Waals surface area contributed by atoms with Crippen molar-refractivity contribution in [3.63, 3.8) is 0 Å². The van der Waals surface area contributed by atoms with Crippen LogP contribution in [0.15, 0.2) is 29.1 Å². The Morgan fingerprint density at radius 1 is 1.24 bits per heavy atom. The summed E-state index contributed by atoms with van der Waals surface area (Å²) < 4.78 is 0. The van der Waals surface area contributed by atoms with Crippen LogP contribution in [0.4, 0.5) is 0 Å². The molecule has 3 heteroatoms. The average Bonchev–Trinajstić information content (AvgIpc) is 2.31. The maximum atomic E-state index is 11.5. The molecule has 0 saturated heterocycles. The van der Waals surface area contributed by atoms with Crippen molar-refractivity contribution in [2.24, 2.45) is 5.73 Å². The minimum absolute atomic E-state index is 0.00613. The number of hydrogen-bond donors (Lipinski definition) is 2. The molecular weight excluding hydrogens is 212 g/mol. The summed E-state index contributed by atoms with van der Waals surface area (Å²) in [6.07, 6.45) is 3.22. The van der Waals surface area contributed by atoms with Crippen LogP contribution in [0.1, 0.15) is 24.0 Å². The van der Waals surface area contributed by atoms with E-state index in [-0.39, 0.29) is 5.56 Å². The van der Waals surface area contributed by atoms with Crippen molar-refractivity contribution in [3.05, 3.63) is 45.7 Å². The molecule has 0 fully saturated rings. The lowest BCUT2D eigenvalue weighted by atomic mass is 10.0. The van der Waals surface area contributed by atoms with Gasteiger partial charge in [0.05, 0.1) is 0 Å². The van der Waals surface area contributed by atoms with Crippen molar-refractivity contribution < 1.29 is 0 Å². The van der Waals surface area contributed by atoms with Gasteiger partial charge in [-0.15, -0.1) is 0 Å².